The van der Waals surface area contributed by atoms with Gasteiger partial charge in [-0.05, 0) is 54.9 Å². The van der Waals surface area contributed by atoms with E-state index in [1.54, 1.807) is 6.07 Å². The number of hydrogen-bond donors (Lipinski definition) is 1. The van der Waals surface area contributed by atoms with E-state index in [-0.39, 0.29) is 5.82 Å². The molecule has 1 aromatic carbocycles. The van der Waals surface area contributed by atoms with Crippen LogP contribution in [0.1, 0.15) is 49.8 Å². The van der Waals surface area contributed by atoms with Crippen molar-refractivity contribution in [3.05, 3.63) is 35.1 Å². The average molecular weight is 236 g/mol. The zero-order valence-electron chi connectivity index (χ0n) is 10.6. The van der Waals surface area contributed by atoms with Crippen molar-refractivity contribution >= 4 is 0 Å². The number of aliphatic hydroxyl groups is 1. The van der Waals surface area contributed by atoms with Gasteiger partial charge in [-0.1, -0.05) is 25.8 Å². The molecule has 2 rings (SSSR count). The lowest BCUT2D eigenvalue weighted by Crippen LogP contribution is -2.11. The third-order valence-corrected chi connectivity index (χ3v) is 4.16. The molecule has 94 valence electrons. The fourth-order valence-electron chi connectivity index (χ4n) is 3.00. The molecule has 1 N–H and O–H groups in total. The van der Waals surface area contributed by atoms with Gasteiger partial charge in [0.25, 0.3) is 0 Å². The predicted octanol–water partition coefficient (Wildman–Crippen LogP) is 3.99. The van der Waals surface area contributed by atoms with Crippen molar-refractivity contribution in [2.75, 3.05) is 0 Å². The molecule has 17 heavy (non-hydrogen) atoms. The Morgan fingerprint density at radius 3 is 2.76 bits per heavy atom. The lowest BCUT2D eigenvalue weighted by molar-refractivity contribution is 0.108. The summed E-state index contributed by atoms with van der Waals surface area (Å²) in [6, 6.07) is 4.68. The molecular weight excluding hydrogens is 215 g/mol. The second-order valence-electron chi connectivity index (χ2n) is 5.29. The molecule has 1 saturated carbocycles. The van der Waals surface area contributed by atoms with Gasteiger partial charge in [0, 0.05) is 0 Å². The van der Waals surface area contributed by atoms with Crippen LogP contribution < -0.4 is 0 Å². The minimum atomic E-state index is -0.424. The fraction of sp³-hybridized carbons (Fsp3) is 0.600. The molecule has 0 aliphatic heterocycles. The second-order valence-corrected chi connectivity index (χ2v) is 5.29. The molecule has 1 fully saturated rings. The van der Waals surface area contributed by atoms with E-state index in [2.05, 4.69) is 6.92 Å². The first-order chi connectivity index (χ1) is 8.11. The molecule has 0 saturated heterocycles. The molecule has 1 aliphatic rings. The van der Waals surface area contributed by atoms with Gasteiger partial charge in [-0.2, -0.15) is 0 Å². The third-order valence-electron chi connectivity index (χ3n) is 4.16. The number of benzene rings is 1. The Morgan fingerprint density at radius 2 is 2.18 bits per heavy atom. The van der Waals surface area contributed by atoms with Crippen molar-refractivity contribution in [2.45, 2.75) is 45.6 Å². The van der Waals surface area contributed by atoms with Gasteiger partial charge in [-0.15, -0.1) is 0 Å². The van der Waals surface area contributed by atoms with Gasteiger partial charge in [0.15, 0.2) is 0 Å². The van der Waals surface area contributed by atoms with Crippen LogP contribution in [-0.2, 0) is 0 Å². The zero-order valence-corrected chi connectivity index (χ0v) is 10.6. The van der Waals surface area contributed by atoms with Crippen LogP contribution in [-0.4, -0.2) is 5.11 Å². The van der Waals surface area contributed by atoms with Crippen LogP contribution in [0.15, 0.2) is 18.2 Å². The van der Waals surface area contributed by atoms with Gasteiger partial charge in [0.2, 0.25) is 0 Å². The van der Waals surface area contributed by atoms with Crippen LogP contribution in [0.25, 0.3) is 0 Å². The largest absolute Gasteiger partial charge is 0.388 e. The molecule has 0 aromatic heterocycles. The lowest BCUT2D eigenvalue weighted by atomic mass is 9.90. The maximum atomic E-state index is 13.0. The summed E-state index contributed by atoms with van der Waals surface area (Å²) in [5, 5.41) is 10.4. The second kappa shape index (κ2) is 5.18. The molecular formula is C15H21FO. The van der Waals surface area contributed by atoms with E-state index in [0.29, 0.717) is 5.92 Å². The first-order valence-corrected chi connectivity index (χ1v) is 6.56. The summed E-state index contributed by atoms with van der Waals surface area (Å²) in [6.07, 6.45) is 4.20. The molecule has 0 radical (unpaired) electrons. The minimum Gasteiger partial charge on any atom is -0.388 e. The number of halogens is 1. The van der Waals surface area contributed by atoms with Crippen LogP contribution in [0.3, 0.4) is 0 Å². The van der Waals surface area contributed by atoms with Crippen LogP contribution in [0.2, 0.25) is 0 Å². The monoisotopic (exact) mass is 236 g/mol. The van der Waals surface area contributed by atoms with Crippen molar-refractivity contribution in [2.24, 2.45) is 11.8 Å². The lowest BCUT2D eigenvalue weighted by Gasteiger charge is -2.20. The number of hydrogen-bond acceptors (Lipinski definition) is 1. The molecule has 3 unspecified atom stereocenters. The molecule has 0 amide bonds. The van der Waals surface area contributed by atoms with E-state index in [0.717, 1.165) is 29.9 Å². The van der Waals surface area contributed by atoms with Gasteiger partial charge >= 0.3 is 0 Å². The highest BCUT2D eigenvalue weighted by Crippen LogP contribution is 2.40. The smallest absolute Gasteiger partial charge is 0.123 e. The van der Waals surface area contributed by atoms with Crippen molar-refractivity contribution in [1.29, 1.82) is 0 Å². The summed E-state index contributed by atoms with van der Waals surface area (Å²) in [7, 11) is 0. The van der Waals surface area contributed by atoms with Crippen molar-refractivity contribution in [3.63, 3.8) is 0 Å². The molecule has 2 heteroatoms. The molecule has 1 nitrogen and oxygen atoms in total. The Kier molecular flexibility index (Phi) is 3.82. The fourth-order valence-corrected chi connectivity index (χ4v) is 3.00. The normalized spacial score (nSPS) is 26.1. The molecule has 1 aliphatic carbocycles. The van der Waals surface area contributed by atoms with Crippen molar-refractivity contribution in [3.8, 4) is 0 Å². The first-order valence-electron chi connectivity index (χ1n) is 6.56. The molecule has 3 atom stereocenters. The van der Waals surface area contributed by atoms with E-state index in [9.17, 15) is 9.50 Å². The van der Waals surface area contributed by atoms with Crippen LogP contribution in [0, 0.1) is 24.6 Å². The Balaban J connectivity index is 2.12. The van der Waals surface area contributed by atoms with Gasteiger partial charge < -0.3 is 5.11 Å². The van der Waals surface area contributed by atoms with E-state index in [4.69, 9.17) is 0 Å². The molecule has 0 spiro atoms. The maximum Gasteiger partial charge on any atom is 0.123 e. The Hall–Kier alpha value is -0.890. The number of rotatable bonds is 3. The van der Waals surface area contributed by atoms with Crippen LogP contribution in [0.4, 0.5) is 4.39 Å². The molecule has 0 bridgehead atoms. The average Bonchev–Trinajstić information content (AvgIpc) is 2.76. The number of aliphatic hydroxyl groups excluding tert-OH is 1. The summed E-state index contributed by atoms with van der Waals surface area (Å²) < 4.78 is 13.0. The minimum absolute atomic E-state index is 0.226. The molecule has 0 heterocycles. The quantitative estimate of drug-likeness (QED) is 0.841. The predicted molar refractivity (Wildman–Crippen MR) is 67.2 cm³/mol. The SMILES string of the molecule is CCC1CCC(C(O)c2ccc(F)cc2C)C1. The highest BCUT2D eigenvalue weighted by molar-refractivity contribution is 5.29. The molecule has 1 aromatic rings. The van der Waals surface area contributed by atoms with Crippen LogP contribution in [0.5, 0.6) is 0 Å². The van der Waals surface area contributed by atoms with Gasteiger partial charge in [0.1, 0.15) is 5.82 Å². The maximum absolute atomic E-state index is 13.0. The summed E-state index contributed by atoms with van der Waals surface area (Å²) >= 11 is 0. The van der Waals surface area contributed by atoms with Crippen LogP contribution >= 0.6 is 0 Å². The van der Waals surface area contributed by atoms with E-state index in [1.165, 1.54) is 25.0 Å². The Labute approximate surface area is 103 Å². The Morgan fingerprint density at radius 1 is 1.41 bits per heavy atom. The number of aryl methyl sites for hydroxylation is 1. The highest BCUT2D eigenvalue weighted by atomic mass is 19.1. The van der Waals surface area contributed by atoms with E-state index in [1.807, 2.05) is 6.92 Å². The topological polar surface area (TPSA) is 20.2 Å². The third kappa shape index (κ3) is 2.68. The van der Waals surface area contributed by atoms with Crippen molar-refractivity contribution in [1.82, 2.24) is 0 Å². The van der Waals surface area contributed by atoms with Gasteiger partial charge in [0.05, 0.1) is 6.10 Å². The summed E-state index contributed by atoms with van der Waals surface area (Å²) in [5.74, 6) is 0.885. The zero-order chi connectivity index (χ0) is 12.4. The summed E-state index contributed by atoms with van der Waals surface area (Å²) in [4.78, 5) is 0. The highest BCUT2D eigenvalue weighted by Gasteiger charge is 2.30. The standard InChI is InChI=1S/C15H21FO/c1-3-11-4-5-12(9-11)15(17)14-7-6-13(16)8-10(14)2/h6-8,11-12,15,17H,3-5,9H2,1-2H3. The first kappa shape index (κ1) is 12.6. The Bertz CT molecular complexity index is 389. The summed E-state index contributed by atoms with van der Waals surface area (Å²) in [5.41, 5.74) is 1.76. The van der Waals surface area contributed by atoms with Gasteiger partial charge in [-0.25, -0.2) is 4.39 Å². The van der Waals surface area contributed by atoms with E-state index < -0.39 is 6.10 Å². The van der Waals surface area contributed by atoms with Gasteiger partial charge in [-0.3, -0.25) is 0 Å². The van der Waals surface area contributed by atoms with Crippen molar-refractivity contribution < 1.29 is 9.50 Å². The van der Waals surface area contributed by atoms with E-state index >= 15 is 0 Å². The summed E-state index contributed by atoms with van der Waals surface area (Å²) in [6.45, 7) is 4.08.